The lowest BCUT2D eigenvalue weighted by atomic mass is 9.61. The lowest BCUT2D eigenvalue weighted by Crippen LogP contribution is -2.66. The molecule has 1 saturated carbocycles. The number of benzene rings is 1. The quantitative estimate of drug-likeness (QED) is 0.777. The van der Waals surface area contributed by atoms with Gasteiger partial charge in [-0.2, -0.15) is 0 Å². The Balaban J connectivity index is 1.45. The van der Waals surface area contributed by atoms with Crippen LogP contribution in [-0.4, -0.2) is 41.9 Å². The average Bonchev–Trinajstić information content (AvgIpc) is 3.26. The number of esters is 1. The van der Waals surface area contributed by atoms with Crippen LogP contribution in [0.25, 0.3) is 0 Å². The molecule has 3 aliphatic heterocycles. The molecule has 1 aromatic rings. The monoisotopic (exact) mass is 367 g/mol. The smallest absolute Gasteiger partial charge is 0.339 e. The number of rotatable bonds is 2. The van der Waals surface area contributed by atoms with Crippen LogP contribution in [-0.2, 0) is 15.1 Å². The van der Waals surface area contributed by atoms with Crippen molar-refractivity contribution in [2.45, 2.75) is 49.8 Å². The molecule has 1 aromatic carbocycles. The van der Waals surface area contributed by atoms with E-state index in [2.05, 4.69) is 22.5 Å². The fourth-order valence-electron chi connectivity index (χ4n) is 5.73. The highest BCUT2D eigenvalue weighted by Crippen LogP contribution is 2.53. The molecule has 1 amide bonds. The minimum Gasteiger partial charge on any atom is -0.451 e. The first kappa shape index (κ1) is 16.8. The summed E-state index contributed by atoms with van der Waals surface area (Å²) in [5, 5.41) is 3.60. The van der Waals surface area contributed by atoms with E-state index in [1.54, 1.807) is 0 Å². The molecular weight excluding hydrogens is 342 g/mol. The molecule has 0 radical (unpaired) electrons. The van der Waals surface area contributed by atoms with E-state index in [0.29, 0.717) is 31.2 Å². The van der Waals surface area contributed by atoms with Crippen molar-refractivity contribution in [3.05, 3.63) is 47.7 Å². The second kappa shape index (κ2) is 5.83. The number of fused-ring (bicyclic) bond motifs is 3. The molecule has 0 bridgehead atoms. The third-order valence-corrected chi connectivity index (χ3v) is 7.18. The standard InChI is InChI=1S/C21H25N3O3/c22-19(26)20(17-16-6-3-12-24(16)13-11-23-17)7-9-21(10-8-20)15-5-2-1-4-14(15)18(25)27-21/h1-5,12,16-17,23H,6-11,13H2,(H2,22,26)/t16?,17-,20?,21?/m0/s1. The summed E-state index contributed by atoms with van der Waals surface area (Å²) >= 11 is 0. The first-order valence-electron chi connectivity index (χ1n) is 9.84. The minimum atomic E-state index is -0.607. The second-order valence-electron chi connectivity index (χ2n) is 8.31. The summed E-state index contributed by atoms with van der Waals surface area (Å²) < 4.78 is 5.87. The van der Waals surface area contributed by atoms with Crippen LogP contribution in [0, 0.1) is 5.41 Å². The number of nitrogens with two attached hydrogens (primary N) is 1. The van der Waals surface area contributed by atoms with Gasteiger partial charge in [0.2, 0.25) is 5.91 Å². The molecule has 6 nitrogen and oxygen atoms in total. The van der Waals surface area contributed by atoms with E-state index < -0.39 is 11.0 Å². The van der Waals surface area contributed by atoms with E-state index in [1.807, 2.05) is 24.3 Å². The van der Waals surface area contributed by atoms with E-state index in [1.165, 1.54) is 0 Å². The maximum absolute atomic E-state index is 12.7. The summed E-state index contributed by atoms with van der Waals surface area (Å²) in [6.07, 6.45) is 7.80. The molecule has 2 atom stereocenters. The van der Waals surface area contributed by atoms with Gasteiger partial charge in [0.1, 0.15) is 5.60 Å². The Labute approximate surface area is 158 Å². The molecule has 3 heterocycles. The summed E-state index contributed by atoms with van der Waals surface area (Å²) in [5.74, 6) is -0.486. The van der Waals surface area contributed by atoms with E-state index >= 15 is 0 Å². The predicted octanol–water partition coefficient (Wildman–Crippen LogP) is 1.66. The van der Waals surface area contributed by atoms with Crippen molar-refractivity contribution in [2.24, 2.45) is 11.1 Å². The first-order chi connectivity index (χ1) is 13.1. The van der Waals surface area contributed by atoms with E-state index in [9.17, 15) is 9.59 Å². The molecule has 3 N–H and O–H groups in total. The number of primary amides is 1. The summed E-state index contributed by atoms with van der Waals surface area (Å²) in [5.41, 5.74) is 6.42. The minimum absolute atomic E-state index is 0.0310. The summed E-state index contributed by atoms with van der Waals surface area (Å²) in [4.78, 5) is 27.4. The molecule has 1 aliphatic carbocycles. The number of nitrogens with zero attached hydrogens (tertiary/aromatic N) is 1. The van der Waals surface area contributed by atoms with Crippen molar-refractivity contribution in [3.63, 3.8) is 0 Å². The summed E-state index contributed by atoms with van der Waals surface area (Å²) in [6.45, 7) is 1.81. The van der Waals surface area contributed by atoms with Gasteiger partial charge < -0.3 is 20.7 Å². The van der Waals surface area contributed by atoms with Crippen molar-refractivity contribution in [2.75, 3.05) is 13.1 Å². The van der Waals surface area contributed by atoms with Gasteiger partial charge in [-0.3, -0.25) is 4.79 Å². The zero-order valence-corrected chi connectivity index (χ0v) is 15.3. The average molecular weight is 367 g/mol. The number of hydrogen-bond acceptors (Lipinski definition) is 5. The van der Waals surface area contributed by atoms with E-state index in [-0.39, 0.29) is 24.0 Å². The summed E-state index contributed by atoms with van der Waals surface area (Å²) in [7, 11) is 0. The highest BCUT2D eigenvalue weighted by atomic mass is 16.6. The maximum atomic E-state index is 12.7. The fraction of sp³-hybridized carbons (Fsp3) is 0.524. The van der Waals surface area contributed by atoms with Crippen LogP contribution in [0.2, 0.25) is 0 Å². The van der Waals surface area contributed by atoms with E-state index in [0.717, 1.165) is 25.1 Å². The van der Waals surface area contributed by atoms with Gasteiger partial charge in [0.15, 0.2) is 0 Å². The highest BCUT2D eigenvalue weighted by molar-refractivity contribution is 5.94. The molecule has 6 heteroatoms. The van der Waals surface area contributed by atoms with Gasteiger partial charge in [0.25, 0.3) is 0 Å². The molecule has 2 fully saturated rings. The first-order valence-corrected chi connectivity index (χ1v) is 9.84. The van der Waals surface area contributed by atoms with Crippen LogP contribution >= 0.6 is 0 Å². The Hall–Kier alpha value is -2.34. The van der Waals surface area contributed by atoms with E-state index in [4.69, 9.17) is 10.5 Å². The Kier molecular flexibility index (Phi) is 3.63. The van der Waals surface area contributed by atoms with Gasteiger partial charge in [-0.05, 0) is 44.4 Å². The number of carbonyl (C=O) groups is 2. The molecule has 142 valence electrons. The maximum Gasteiger partial charge on any atom is 0.339 e. The zero-order chi connectivity index (χ0) is 18.6. The fourth-order valence-corrected chi connectivity index (χ4v) is 5.73. The van der Waals surface area contributed by atoms with Crippen LogP contribution < -0.4 is 11.1 Å². The molecule has 1 spiro atoms. The zero-order valence-electron chi connectivity index (χ0n) is 15.3. The predicted molar refractivity (Wildman–Crippen MR) is 99.7 cm³/mol. The number of hydrogen-bond donors (Lipinski definition) is 2. The van der Waals surface area contributed by atoms with Crippen molar-refractivity contribution in [1.29, 1.82) is 0 Å². The number of amides is 1. The number of carbonyl (C=O) groups excluding carboxylic acids is 2. The van der Waals surface area contributed by atoms with Gasteiger partial charge in [-0.25, -0.2) is 4.79 Å². The lowest BCUT2D eigenvalue weighted by molar-refractivity contribution is -0.139. The van der Waals surface area contributed by atoms with Gasteiger partial charge in [-0.1, -0.05) is 24.3 Å². The largest absolute Gasteiger partial charge is 0.451 e. The number of ether oxygens (including phenoxy) is 1. The van der Waals surface area contributed by atoms with Gasteiger partial charge in [-0.15, -0.1) is 0 Å². The third kappa shape index (κ3) is 2.29. The Morgan fingerprint density at radius 3 is 2.78 bits per heavy atom. The molecule has 5 rings (SSSR count). The highest BCUT2D eigenvalue weighted by Gasteiger charge is 2.57. The van der Waals surface area contributed by atoms with Crippen LogP contribution in [0.4, 0.5) is 0 Å². The molecule has 1 unspecified atom stereocenters. The third-order valence-electron chi connectivity index (χ3n) is 7.18. The number of piperazine rings is 1. The molecular formula is C21H25N3O3. The van der Waals surface area contributed by atoms with Crippen LogP contribution in [0.15, 0.2) is 36.5 Å². The van der Waals surface area contributed by atoms with Crippen molar-refractivity contribution < 1.29 is 14.3 Å². The van der Waals surface area contributed by atoms with Crippen LogP contribution in [0.3, 0.4) is 0 Å². The van der Waals surface area contributed by atoms with Gasteiger partial charge in [0.05, 0.1) is 11.0 Å². The van der Waals surface area contributed by atoms with Crippen LogP contribution in [0.5, 0.6) is 0 Å². The molecule has 27 heavy (non-hydrogen) atoms. The Bertz CT molecular complexity index is 826. The molecule has 1 saturated heterocycles. The molecule has 0 aromatic heterocycles. The van der Waals surface area contributed by atoms with Gasteiger partial charge >= 0.3 is 5.97 Å². The molecule has 4 aliphatic rings. The Morgan fingerprint density at radius 2 is 2.00 bits per heavy atom. The SMILES string of the molecule is NC(=O)C1([C@H]2NCCN3C=CCC23)CCC2(CC1)OC(=O)c1ccccc12. The normalized spacial score (nSPS) is 37.2. The Morgan fingerprint density at radius 1 is 1.22 bits per heavy atom. The summed E-state index contributed by atoms with van der Waals surface area (Å²) in [6, 6.07) is 7.93. The van der Waals surface area contributed by atoms with Crippen molar-refractivity contribution >= 4 is 11.9 Å². The second-order valence-corrected chi connectivity index (χ2v) is 8.31. The van der Waals surface area contributed by atoms with Crippen molar-refractivity contribution in [3.8, 4) is 0 Å². The van der Waals surface area contributed by atoms with Gasteiger partial charge in [0, 0.05) is 30.7 Å². The number of nitrogens with one attached hydrogen (secondary N) is 1. The topological polar surface area (TPSA) is 84.7 Å². The van der Waals surface area contributed by atoms with Crippen molar-refractivity contribution in [1.82, 2.24) is 10.2 Å². The lowest BCUT2D eigenvalue weighted by Gasteiger charge is -2.51. The van der Waals surface area contributed by atoms with Crippen LogP contribution in [0.1, 0.15) is 48.0 Å².